The van der Waals surface area contributed by atoms with Crippen LogP contribution in [-0.4, -0.2) is 37.3 Å². The SMILES string of the molecule is CN(CCC(N)C(=O)O)c1ccc2c(c1)CCO2. The third-order valence-corrected chi connectivity index (χ3v) is 3.21. The average molecular weight is 250 g/mol. The summed E-state index contributed by atoms with van der Waals surface area (Å²) in [4.78, 5) is 12.7. The summed E-state index contributed by atoms with van der Waals surface area (Å²) >= 11 is 0. The van der Waals surface area contributed by atoms with Crippen LogP contribution in [0.4, 0.5) is 5.69 Å². The third-order valence-electron chi connectivity index (χ3n) is 3.21. The molecule has 1 atom stereocenters. The molecule has 1 aromatic rings. The number of carboxylic acids is 1. The minimum absolute atomic E-state index is 0.430. The first-order chi connectivity index (χ1) is 8.58. The monoisotopic (exact) mass is 250 g/mol. The van der Waals surface area contributed by atoms with E-state index in [1.807, 2.05) is 24.1 Å². The van der Waals surface area contributed by atoms with Gasteiger partial charge in [-0.15, -0.1) is 0 Å². The number of carbonyl (C=O) groups is 1. The maximum Gasteiger partial charge on any atom is 0.320 e. The molecule has 5 nitrogen and oxygen atoms in total. The molecule has 1 unspecified atom stereocenters. The summed E-state index contributed by atoms with van der Waals surface area (Å²) in [5, 5.41) is 8.73. The first kappa shape index (κ1) is 12.7. The Morgan fingerprint density at radius 3 is 3.11 bits per heavy atom. The van der Waals surface area contributed by atoms with Crippen LogP contribution in [0.5, 0.6) is 5.75 Å². The van der Waals surface area contributed by atoms with E-state index >= 15 is 0 Å². The Bertz CT molecular complexity index is 448. The van der Waals surface area contributed by atoms with Gasteiger partial charge >= 0.3 is 5.97 Å². The molecule has 0 amide bonds. The van der Waals surface area contributed by atoms with Crippen molar-refractivity contribution in [1.82, 2.24) is 0 Å². The molecule has 0 fully saturated rings. The second-order valence-electron chi connectivity index (χ2n) is 4.55. The van der Waals surface area contributed by atoms with Crippen LogP contribution in [0, 0.1) is 0 Å². The topological polar surface area (TPSA) is 75.8 Å². The van der Waals surface area contributed by atoms with E-state index in [1.54, 1.807) is 0 Å². The number of rotatable bonds is 5. The summed E-state index contributed by atoms with van der Waals surface area (Å²) in [5.41, 5.74) is 7.76. The molecule has 98 valence electrons. The Kier molecular flexibility index (Phi) is 3.72. The number of aliphatic carboxylic acids is 1. The summed E-state index contributed by atoms with van der Waals surface area (Å²) in [6.07, 6.45) is 1.37. The summed E-state index contributed by atoms with van der Waals surface area (Å²) in [6, 6.07) is 5.24. The molecule has 0 spiro atoms. The van der Waals surface area contributed by atoms with Gasteiger partial charge < -0.3 is 20.5 Å². The molecule has 0 aliphatic carbocycles. The van der Waals surface area contributed by atoms with Gasteiger partial charge in [-0.05, 0) is 30.2 Å². The molecule has 0 saturated carbocycles. The van der Waals surface area contributed by atoms with Crippen LogP contribution >= 0.6 is 0 Å². The highest BCUT2D eigenvalue weighted by Crippen LogP contribution is 2.29. The zero-order chi connectivity index (χ0) is 13.1. The predicted octanol–water partition coefficient (Wildman–Crippen LogP) is 0.860. The van der Waals surface area contributed by atoms with Gasteiger partial charge in [-0.3, -0.25) is 4.79 Å². The van der Waals surface area contributed by atoms with Gasteiger partial charge in [0.2, 0.25) is 0 Å². The molecule has 0 bridgehead atoms. The number of hydrogen-bond acceptors (Lipinski definition) is 4. The lowest BCUT2D eigenvalue weighted by Gasteiger charge is -2.20. The molecule has 1 heterocycles. The molecule has 18 heavy (non-hydrogen) atoms. The molecular formula is C13H18N2O3. The maximum absolute atomic E-state index is 10.6. The van der Waals surface area contributed by atoms with Crippen molar-refractivity contribution >= 4 is 11.7 Å². The highest BCUT2D eigenvalue weighted by molar-refractivity contribution is 5.73. The smallest absolute Gasteiger partial charge is 0.320 e. The fraction of sp³-hybridized carbons (Fsp3) is 0.462. The molecule has 3 N–H and O–H groups in total. The lowest BCUT2D eigenvalue weighted by Crippen LogP contribution is -2.34. The predicted molar refractivity (Wildman–Crippen MR) is 69.1 cm³/mol. The normalized spacial score (nSPS) is 14.8. The van der Waals surface area contributed by atoms with E-state index in [4.69, 9.17) is 15.6 Å². The second kappa shape index (κ2) is 5.27. The summed E-state index contributed by atoms with van der Waals surface area (Å²) in [6.45, 7) is 1.36. The van der Waals surface area contributed by atoms with Gasteiger partial charge in [0.1, 0.15) is 11.8 Å². The van der Waals surface area contributed by atoms with E-state index < -0.39 is 12.0 Å². The highest BCUT2D eigenvalue weighted by atomic mass is 16.5. The Morgan fingerprint density at radius 2 is 2.39 bits per heavy atom. The van der Waals surface area contributed by atoms with Crippen LogP contribution in [0.3, 0.4) is 0 Å². The number of nitrogens with two attached hydrogens (primary N) is 1. The summed E-state index contributed by atoms with van der Waals surface area (Å²) in [5.74, 6) is 0.000130. The summed E-state index contributed by atoms with van der Waals surface area (Å²) in [7, 11) is 1.94. The van der Waals surface area contributed by atoms with Crippen LogP contribution in [0.2, 0.25) is 0 Å². The van der Waals surface area contributed by atoms with Crippen LogP contribution in [-0.2, 0) is 11.2 Å². The van der Waals surface area contributed by atoms with Crippen LogP contribution < -0.4 is 15.4 Å². The van der Waals surface area contributed by atoms with Gasteiger partial charge in [0, 0.05) is 25.7 Å². The number of benzene rings is 1. The minimum Gasteiger partial charge on any atom is -0.493 e. The van der Waals surface area contributed by atoms with Crippen molar-refractivity contribution in [2.75, 3.05) is 25.1 Å². The zero-order valence-corrected chi connectivity index (χ0v) is 10.4. The number of ether oxygens (including phenoxy) is 1. The van der Waals surface area contributed by atoms with E-state index in [0.717, 1.165) is 24.5 Å². The van der Waals surface area contributed by atoms with Crippen molar-refractivity contribution in [2.45, 2.75) is 18.9 Å². The van der Waals surface area contributed by atoms with Crippen molar-refractivity contribution in [2.24, 2.45) is 5.73 Å². The van der Waals surface area contributed by atoms with Gasteiger partial charge in [-0.1, -0.05) is 0 Å². The molecule has 2 rings (SSSR count). The largest absolute Gasteiger partial charge is 0.493 e. The van der Waals surface area contributed by atoms with Gasteiger partial charge in [-0.25, -0.2) is 0 Å². The maximum atomic E-state index is 10.6. The Hall–Kier alpha value is -1.75. The standard InChI is InChI=1S/C13H18N2O3/c1-15(6-4-11(14)13(16)17)10-2-3-12-9(8-10)5-7-18-12/h2-3,8,11H,4-7,14H2,1H3,(H,16,17). The number of carboxylic acid groups (broad SMARTS) is 1. The summed E-state index contributed by atoms with van der Waals surface area (Å²) < 4.78 is 5.45. The van der Waals surface area contributed by atoms with Crippen molar-refractivity contribution < 1.29 is 14.6 Å². The molecule has 0 radical (unpaired) electrons. The lowest BCUT2D eigenvalue weighted by atomic mass is 10.1. The fourth-order valence-electron chi connectivity index (χ4n) is 2.00. The molecule has 1 aromatic carbocycles. The lowest BCUT2D eigenvalue weighted by molar-refractivity contribution is -0.138. The zero-order valence-electron chi connectivity index (χ0n) is 10.4. The van der Waals surface area contributed by atoms with Crippen molar-refractivity contribution in [3.8, 4) is 5.75 Å². The Labute approximate surface area is 106 Å². The van der Waals surface area contributed by atoms with Crippen molar-refractivity contribution in [1.29, 1.82) is 0 Å². The van der Waals surface area contributed by atoms with Crippen molar-refractivity contribution in [3.63, 3.8) is 0 Å². The van der Waals surface area contributed by atoms with Gasteiger partial charge in [-0.2, -0.15) is 0 Å². The number of anilines is 1. The van der Waals surface area contributed by atoms with Crippen LogP contribution in [0.25, 0.3) is 0 Å². The first-order valence-electron chi connectivity index (χ1n) is 6.03. The molecule has 1 aliphatic rings. The van der Waals surface area contributed by atoms with Gasteiger partial charge in [0.05, 0.1) is 6.61 Å². The molecule has 1 aliphatic heterocycles. The second-order valence-corrected chi connectivity index (χ2v) is 4.55. The van der Waals surface area contributed by atoms with Gasteiger partial charge in [0.15, 0.2) is 0 Å². The number of hydrogen-bond donors (Lipinski definition) is 2. The van der Waals surface area contributed by atoms with Crippen molar-refractivity contribution in [3.05, 3.63) is 23.8 Å². The van der Waals surface area contributed by atoms with E-state index in [2.05, 4.69) is 6.07 Å². The molecule has 0 aromatic heterocycles. The fourth-order valence-corrected chi connectivity index (χ4v) is 2.00. The molecular weight excluding hydrogens is 232 g/mol. The first-order valence-corrected chi connectivity index (χ1v) is 6.03. The van der Waals surface area contributed by atoms with E-state index in [1.165, 1.54) is 5.56 Å². The van der Waals surface area contributed by atoms with E-state index in [0.29, 0.717) is 13.0 Å². The number of fused-ring (bicyclic) bond motifs is 1. The van der Waals surface area contributed by atoms with E-state index in [-0.39, 0.29) is 0 Å². The van der Waals surface area contributed by atoms with Crippen LogP contribution in [0.1, 0.15) is 12.0 Å². The molecule has 0 saturated heterocycles. The van der Waals surface area contributed by atoms with E-state index in [9.17, 15) is 4.79 Å². The Balaban J connectivity index is 1.97. The molecule has 5 heteroatoms. The average Bonchev–Trinajstić information content (AvgIpc) is 2.82. The highest BCUT2D eigenvalue weighted by Gasteiger charge is 2.15. The van der Waals surface area contributed by atoms with Crippen LogP contribution in [0.15, 0.2) is 18.2 Å². The quantitative estimate of drug-likeness (QED) is 0.810. The minimum atomic E-state index is -0.953. The number of nitrogens with zero attached hydrogens (tertiary/aromatic N) is 1. The van der Waals surface area contributed by atoms with Gasteiger partial charge in [0.25, 0.3) is 0 Å². The Morgan fingerprint density at radius 1 is 1.61 bits per heavy atom. The third kappa shape index (κ3) is 2.73.